The molecule has 0 heterocycles. The average Bonchev–Trinajstić information content (AvgIpc) is 2.80. The maximum absolute atomic E-state index is 12.7. The van der Waals surface area contributed by atoms with E-state index >= 15 is 0 Å². The van der Waals surface area contributed by atoms with Crippen molar-refractivity contribution in [2.45, 2.75) is 26.0 Å². The molecule has 32 heavy (non-hydrogen) atoms. The molecule has 1 aliphatic carbocycles. The Kier molecular flexibility index (Phi) is 7.25. The molecule has 8 heteroatoms. The number of aryl methyl sites for hydroxylation is 1. The lowest BCUT2D eigenvalue weighted by Crippen LogP contribution is -2.65. The minimum Gasteiger partial charge on any atom is -0.481 e. The molecule has 3 N–H and O–H groups in total. The van der Waals surface area contributed by atoms with Gasteiger partial charge in [0.1, 0.15) is 12.0 Å². The number of nitrogens with one attached hydrogen (secondary N) is 2. The van der Waals surface area contributed by atoms with Crippen molar-refractivity contribution in [2.75, 3.05) is 7.05 Å². The van der Waals surface area contributed by atoms with Gasteiger partial charge < -0.3 is 20.5 Å². The van der Waals surface area contributed by atoms with Crippen LogP contribution in [0.3, 0.4) is 0 Å². The lowest BCUT2D eigenvalue weighted by molar-refractivity contribution is -0.188. The third-order valence-electron chi connectivity index (χ3n) is 5.95. The molecule has 1 aliphatic rings. The second-order valence-corrected chi connectivity index (χ2v) is 7.69. The van der Waals surface area contributed by atoms with Crippen molar-refractivity contribution in [3.63, 3.8) is 0 Å². The van der Waals surface area contributed by atoms with Gasteiger partial charge in [0, 0.05) is 13.6 Å². The molecule has 0 bridgehead atoms. The zero-order valence-corrected chi connectivity index (χ0v) is 17.9. The first kappa shape index (κ1) is 23.0. The van der Waals surface area contributed by atoms with Crippen LogP contribution >= 0.6 is 0 Å². The lowest BCUT2D eigenvalue weighted by atomic mass is 9.61. The Labute approximate surface area is 186 Å². The molecule has 0 spiro atoms. The van der Waals surface area contributed by atoms with E-state index in [1.54, 1.807) is 0 Å². The Bertz CT molecular complexity index is 987. The smallest absolute Gasteiger partial charge is 0.311 e. The highest BCUT2D eigenvalue weighted by Crippen LogP contribution is 2.43. The van der Waals surface area contributed by atoms with E-state index in [1.807, 2.05) is 24.3 Å². The quantitative estimate of drug-likeness (QED) is 0.513. The van der Waals surface area contributed by atoms with Crippen LogP contribution in [0.5, 0.6) is 0 Å². The molecule has 0 aromatic heterocycles. The van der Waals surface area contributed by atoms with E-state index in [1.165, 1.54) is 12.6 Å². The van der Waals surface area contributed by atoms with Gasteiger partial charge in [0.25, 0.3) is 6.47 Å². The van der Waals surface area contributed by atoms with Crippen molar-refractivity contribution < 1.29 is 29.0 Å². The number of amides is 2. The van der Waals surface area contributed by atoms with E-state index in [2.05, 4.69) is 41.8 Å². The number of carboxylic acids is 1. The Morgan fingerprint density at radius 2 is 1.47 bits per heavy atom. The molecular weight excluding hydrogens is 412 g/mol. The van der Waals surface area contributed by atoms with Crippen molar-refractivity contribution in [1.82, 2.24) is 10.6 Å². The molecule has 8 nitrogen and oxygen atoms in total. The summed E-state index contributed by atoms with van der Waals surface area (Å²) in [5.74, 6) is -5.89. The van der Waals surface area contributed by atoms with Gasteiger partial charge in [-0.15, -0.1) is 0 Å². The molecular formula is C24H26N2O6. The molecule has 2 aromatic carbocycles. The van der Waals surface area contributed by atoms with Crippen molar-refractivity contribution >= 4 is 24.3 Å². The van der Waals surface area contributed by atoms with E-state index in [0.29, 0.717) is 0 Å². The summed E-state index contributed by atoms with van der Waals surface area (Å²) in [4.78, 5) is 47.3. The van der Waals surface area contributed by atoms with Gasteiger partial charge in [-0.05, 0) is 28.7 Å². The predicted molar refractivity (Wildman–Crippen MR) is 116 cm³/mol. The summed E-state index contributed by atoms with van der Waals surface area (Å²) in [6.07, 6.45) is -0.204. The van der Waals surface area contributed by atoms with E-state index in [9.17, 15) is 24.3 Å². The molecule has 2 amide bonds. The molecule has 3 rings (SSSR count). The van der Waals surface area contributed by atoms with E-state index in [0.717, 1.165) is 23.1 Å². The topological polar surface area (TPSA) is 122 Å². The number of carboxylic acid groups (broad SMARTS) is 1. The van der Waals surface area contributed by atoms with Gasteiger partial charge in [0.2, 0.25) is 11.8 Å². The summed E-state index contributed by atoms with van der Waals surface area (Å²) in [6.45, 7) is 2.38. The van der Waals surface area contributed by atoms with Crippen LogP contribution in [0.4, 0.5) is 0 Å². The van der Waals surface area contributed by atoms with Crippen LogP contribution in [0.15, 0.2) is 48.5 Å². The van der Waals surface area contributed by atoms with Crippen LogP contribution in [0.2, 0.25) is 0 Å². The highest BCUT2D eigenvalue weighted by Gasteiger charge is 2.62. The van der Waals surface area contributed by atoms with Gasteiger partial charge in [0.05, 0.1) is 11.8 Å². The van der Waals surface area contributed by atoms with Crippen LogP contribution in [-0.2, 0) is 36.9 Å². The molecule has 2 aromatic rings. The Morgan fingerprint density at radius 1 is 0.906 bits per heavy atom. The van der Waals surface area contributed by atoms with Crippen LogP contribution < -0.4 is 10.6 Å². The number of benzene rings is 2. The second kappa shape index (κ2) is 10.1. The highest BCUT2D eigenvalue weighted by molar-refractivity contribution is 5.95. The molecule has 1 fully saturated rings. The Hall–Kier alpha value is -3.68. The highest BCUT2D eigenvalue weighted by atomic mass is 16.5. The molecule has 4 atom stereocenters. The summed E-state index contributed by atoms with van der Waals surface area (Å²) < 4.78 is 4.80. The number of hydrogen-bond donors (Lipinski definition) is 3. The first-order valence-electron chi connectivity index (χ1n) is 10.4. The molecule has 0 aliphatic heterocycles. The Morgan fingerprint density at radius 3 is 1.94 bits per heavy atom. The number of aliphatic carboxylic acids is 1. The van der Waals surface area contributed by atoms with E-state index in [-0.39, 0.29) is 13.0 Å². The van der Waals surface area contributed by atoms with Crippen LogP contribution in [-0.4, -0.2) is 42.5 Å². The predicted octanol–water partition coefficient (Wildman–Crippen LogP) is 1.77. The zero-order chi connectivity index (χ0) is 23.3. The fraction of sp³-hybridized carbons (Fsp3) is 0.333. The fourth-order valence-corrected chi connectivity index (χ4v) is 4.10. The van der Waals surface area contributed by atoms with Gasteiger partial charge in [-0.3, -0.25) is 19.2 Å². The second-order valence-electron chi connectivity index (χ2n) is 7.69. The molecule has 0 radical (unpaired) electrons. The number of carbonyl (C=O) groups is 4. The third-order valence-corrected chi connectivity index (χ3v) is 5.95. The molecule has 0 saturated heterocycles. The van der Waals surface area contributed by atoms with Gasteiger partial charge in [0.15, 0.2) is 0 Å². The van der Waals surface area contributed by atoms with Crippen LogP contribution in [0.25, 0.3) is 11.1 Å². The minimum absolute atomic E-state index is 0.0992. The summed E-state index contributed by atoms with van der Waals surface area (Å²) in [7, 11) is 1.38. The summed E-state index contributed by atoms with van der Waals surface area (Å²) >= 11 is 0. The van der Waals surface area contributed by atoms with Crippen molar-refractivity contribution in [3.05, 3.63) is 59.7 Å². The van der Waals surface area contributed by atoms with Crippen LogP contribution in [0.1, 0.15) is 18.1 Å². The molecule has 168 valence electrons. The SMILES string of the molecule is CCc1ccc(-c2ccc(CNC(=O)C3C(C(=O)O)C(OC=O)C3C(=O)NC)cc2)cc1. The molecule has 4 unspecified atom stereocenters. The Balaban J connectivity index is 1.67. The number of carbonyl (C=O) groups excluding carboxylic acids is 3. The van der Waals surface area contributed by atoms with Gasteiger partial charge in [-0.2, -0.15) is 0 Å². The summed E-state index contributed by atoms with van der Waals surface area (Å²) in [5, 5.41) is 14.6. The minimum atomic E-state index is -1.30. The first-order valence-corrected chi connectivity index (χ1v) is 10.4. The van der Waals surface area contributed by atoms with E-state index in [4.69, 9.17) is 4.74 Å². The number of ether oxygens (including phenoxy) is 1. The van der Waals surface area contributed by atoms with Crippen LogP contribution in [0, 0.1) is 17.8 Å². The van der Waals surface area contributed by atoms with Gasteiger partial charge in [-0.1, -0.05) is 55.5 Å². The van der Waals surface area contributed by atoms with E-state index < -0.39 is 41.6 Å². The standard InChI is InChI=1S/C24H26N2O6/c1-3-14-4-8-16(9-5-14)17-10-6-15(7-11-17)12-26-23(29)18-19(22(28)25-2)21(32-13-27)20(18)24(30)31/h4-11,13,18-21H,3,12H2,1-2H3,(H,25,28)(H,26,29)(H,30,31). The zero-order valence-electron chi connectivity index (χ0n) is 17.9. The third kappa shape index (κ3) is 4.64. The maximum Gasteiger partial charge on any atom is 0.311 e. The van der Waals surface area contributed by atoms with Crippen molar-refractivity contribution in [1.29, 1.82) is 0 Å². The van der Waals surface area contributed by atoms with Gasteiger partial charge in [-0.25, -0.2) is 0 Å². The molecule has 1 saturated carbocycles. The summed E-state index contributed by atoms with van der Waals surface area (Å²) in [6, 6.07) is 16.0. The number of hydrogen-bond acceptors (Lipinski definition) is 5. The van der Waals surface area contributed by atoms with Gasteiger partial charge >= 0.3 is 5.97 Å². The lowest BCUT2D eigenvalue weighted by Gasteiger charge is -2.45. The first-order chi connectivity index (χ1) is 15.4. The fourth-order valence-electron chi connectivity index (χ4n) is 4.10. The monoisotopic (exact) mass is 438 g/mol. The van der Waals surface area contributed by atoms with Crippen molar-refractivity contribution in [2.24, 2.45) is 17.8 Å². The summed E-state index contributed by atoms with van der Waals surface area (Å²) in [5.41, 5.74) is 4.22. The van der Waals surface area contributed by atoms with Crippen molar-refractivity contribution in [3.8, 4) is 11.1 Å². The largest absolute Gasteiger partial charge is 0.481 e. The number of rotatable bonds is 9. The average molecular weight is 438 g/mol. The maximum atomic E-state index is 12.7. The normalized spacial score (nSPS) is 21.7.